The molecule has 2 heteroatoms. The summed E-state index contributed by atoms with van der Waals surface area (Å²) in [6.07, 6.45) is 8.18. The highest BCUT2D eigenvalue weighted by Gasteiger charge is 2.05. The number of benzene rings is 1. The molecule has 1 aromatic rings. The van der Waals surface area contributed by atoms with Crippen LogP contribution in [0.4, 0.5) is 0 Å². The first-order valence-electron chi connectivity index (χ1n) is 6.26. The van der Waals surface area contributed by atoms with Crippen molar-refractivity contribution in [3.63, 3.8) is 0 Å². The maximum atomic E-state index is 4.51. The fraction of sp³-hybridized carbons (Fsp3) is 0.500. The van der Waals surface area contributed by atoms with Gasteiger partial charge in [0.2, 0.25) is 0 Å². The molecular formula is C14H20N2. The number of hydrogen-bond donors (Lipinski definition) is 0. The van der Waals surface area contributed by atoms with Crippen molar-refractivity contribution < 1.29 is 0 Å². The minimum Gasteiger partial charge on any atom is -0.297 e. The van der Waals surface area contributed by atoms with E-state index in [1.807, 2.05) is 0 Å². The van der Waals surface area contributed by atoms with Gasteiger partial charge in [0.25, 0.3) is 0 Å². The number of rotatable bonds is 4. The number of aryl methyl sites for hydroxylation is 1. The second-order valence-electron chi connectivity index (χ2n) is 4.34. The van der Waals surface area contributed by atoms with Crippen LogP contribution in [-0.4, -0.2) is 24.3 Å². The molecule has 0 spiro atoms. The molecule has 1 aliphatic heterocycles. The molecule has 16 heavy (non-hydrogen) atoms. The predicted molar refractivity (Wildman–Crippen MR) is 68.7 cm³/mol. The summed E-state index contributed by atoms with van der Waals surface area (Å²) in [5.74, 6) is 0. The summed E-state index contributed by atoms with van der Waals surface area (Å²) in [7, 11) is 0. The third-order valence-corrected chi connectivity index (χ3v) is 2.98. The van der Waals surface area contributed by atoms with Crippen LogP contribution in [0.3, 0.4) is 0 Å². The Hall–Kier alpha value is -1.31. The van der Waals surface area contributed by atoms with Gasteiger partial charge in [0, 0.05) is 19.3 Å². The molecule has 0 aromatic heterocycles. The van der Waals surface area contributed by atoms with Crippen LogP contribution >= 0.6 is 0 Å². The highest BCUT2D eigenvalue weighted by atomic mass is 15.4. The molecule has 0 bridgehead atoms. The molecule has 1 saturated heterocycles. The largest absolute Gasteiger partial charge is 0.297 e. The fourth-order valence-corrected chi connectivity index (χ4v) is 2.04. The lowest BCUT2D eigenvalue weighted by molar-refractivity contribution is 0.240. The maximum absolute atomic E-state index is 4.51. The monoisotopic (exact) mass is 216 g/mol. The molecule has 2 rings (SSSR count). The molecule has 1 heterocycles. The topological polar surface area (TPSA) is 15.6 Å². The molecule has 1 aromatic carbocycles. The first-order chi connectivity index (χ1) is 7.95. The third-order valence-electron chi connectivity index (χ3n) is 2.98. The Balaban J connectivity index is 1.69. The molecule has 0 N–H and O–H groups in total. The van der Waals surface area contributed by atoms with Gasteiger partial charge >= 0.3 is 0 Å². The lowest BCUT2D eigenvalue weighted by Gasteiger charge is -2.23. The van der Waals surface area contributed by atoms with Crippen molar-refractivity contribution in [3.8, 4) is 0 Å². The van der Waals surface area contributed by atoms with Crippen LogP contribution in [0, 0.1) is 0 Å². The van der Waals surface area contributed by atoms with E-state index in [2.05, 4.69) is 46.7 Å². The SMILES string of the molecule is C(/CCc1ccccc1)=N\N1CCCCC1. The molecule has 1 fully saturated rings. The zero-order chi connectivity index (χ0) is 11.1. The van der Waals surface area contributed by atoms with Gasteiger partial charge in [-0.25, -0.2) is 0 Å². The Morgan fingerprint density at radius 1 is 1.06 bits per heavy atom. The normalized spacial score (nSPS) is 16.9. The van der Waals surface area contributed by atoms with E-state index in [0.717, 1.165) is 25.9 Å². The van der Waals surface area contributed by atoms with E-state index in [1.54, 1.807) is 0 Å². The Morgan fingerprint density at radius 3 is 2.56 bits per heavy atom. The Kier molecular flexibility index (Phi) is 4.41. The summed E-state index contributed by atoms with van der Waals surface area (Å²) >= 11 is 0. The lowest BCUT2D eigenvalue weighted by atomic mass is 10.1. The number of hydrogen-bond acceptors (Lipinski definition) is 2. The van der Waals surface area contributed by atoms with Gasteiger partial charge < -0.3 is 0 Å². The minimum atomic E-state index is 1.04. The quantitative estimate of drug-likeness (QED) is 0.706. The second kappa shape index (κ2) is 6.31. The summed E-state index contributed by atoms with van der Waals surface area (Å²) in [6.45, 7) is 2.28. The van der Waals surface area contributed by atoms with Crippen molar-refractivity contribution in [2.45, 2.75) is 32.1 Å². The number of piperidine rings is 1. The predicted octanol–water partition coefficient (Wildman–Crippen LogP) is 3.09. The van der Waals surface area contributed by atoms with Gasteiger partial charge in [-0.05, 0) is 37.7 Å². The van der Waals surface area contributed by atoms with E-state index in [0.29, 0.717) is 0 Å². The standard InChI is InChI=1S/C14H20N2/c1-3-8-14(9-4-1)10-7-11-15-16-12-5-2-6-13-16/h1,3-4,8-9,11H,2,5-7,10,12-13H2/b15-11+. The van der Waals surface area contributed by atoms with Crippen molar-refractivity contribution in [1.82, 2.24) is 5.01 Å². The van der Waals surface area contributed by atoms with Gasteiger partial charge in [-0.15, -0.1) is 0 Å². The first-order valence-corrected chi connectivity index (χ1v) is 6.26. The Labute approximate surface area is 98.0 Å². The molecule has 0 saturated carbocycles. The highest BCUT2D eigenvalue weighted by molar-refractivity contribution is 5.57. The molecule has 0 aliphatic carbocycles. The molecule has 0 atom stereocenters. The van der Waals surface area contributed by atoms with E-state index in [4.69, 9.17) is 0 Å². The molecule has 0 radical (unpaired) electrons. The van der Waals surface area contributed by atoms with Gasteiger partial charge in [-0.1, -0.05) is 30.3 Å². The van der Waals surface area contributed by atoms with Crippen molar-refractivity contribution >= 4 is 6.21 Å². The summed E-state index contributed by atoms with van der Waals surface area (Å²) in [4.78, 5) is 0. The van der Waals surface area contributed by atoms with Crippen molar-refractivity contribution in [2.24, 2.45) is 5.10 Å². The summed E-state index contributed by atoms with van der Waals surface area (Å²) < 4.78 is 0. The lowest BCUT2D eigenvalue weighted by Crippen LogP contribution is -2.24. The maximum Gasteiger partial charge on any atom is 0.0360 e. The van der Waals surface area contributed by atoms with E-state index in [9.17, 15) is 0 Å². The zero-order valence-corrected chi connectivity index (χ0v) is 9.81. The molecule has 1 aliphatic rings. The molecule has 0 amide bonds. The van der Waals surface area contributed by atoms with Crippen LogP contribution in [0.25, 0.3) is 0 Å². The first kappa shape index (κ1) is 11.2. The van der Waals surface area contributed by atoms with Gasteiger partial charge in [0.1, 0.15) is 0 Å². The Morgan fingerprint density at radius 2 is 1.81 bits per heavy atom. The van der Waals surface area contributed by atoms with Crippen molar-refractivity contribution in [3.05, 3.63) is 35.9 Å². The van der Waals surface area contributed by atoms with Crippen molar-refractivity contribution in [1.29, 1.82) is 0 Å². The fourth-order valence-electron chi connectivity index (χ4n) is 2.04. The van der Waals surface area contributed by atoms with Gasteiger partial charge in [0.05, 0.1) is 0 Å². The number of hydrazone groups is 1. The highest BCUT2D eigenvalue weighted by Crippen LogP contribution is 2.08. The average Bonchev–Trinajstić information content (AvgIpc) is 2.37. The van der Waals surface area contributed by atoms with E-state index < -0.39 is 0 Å². The summed E-state index contributed by atoms with van der Waals surface area (Å²) in [5.41, 5.74) is 1.40. The average molecular weight is 216 g/mol. The van der Waals surface area contributed by atoms with Crippen LogP contribution in [0.15, 0.2) is 35.4 Å². The second-order valence-corrected chi connectivity index (χ2v) is 4.34. The minimum absolute atomic E-state index is 1.04. The third kappa shape index (κ3) is 3.69. The van der Waals surface area contributed by atoms with Gasteiger partial charge in [0.15, 0.2) is 0 Å². The molecule has 2 nitrogen and oxygen atoms in total. The van der Waals surface area contributed by atoms with E-state index in [1.165, 1.54) is 24.8 Å². The Bertz CT molecular complexity index is 313. The van der Waals surface area contributed by atoms with E-state index >= 15 is 0 Å². The summed E-state index contributed by atoms with van der Waals surface area (Å²) in [6, 6.07) is 10.6. The van der Waals surface area contributed by atoms with E-state index in [-0.39, 0.29) is 0 Å². The van der Waals surface area contributed by atoms with Crippen LogP contribution in [0.1, 0.15) is 31.2 Å². The van der Waals surface area contributed by atoms with Crippen molar-refractivity contribution in [2.75, 3.05) is 13.1 Å². The van der Waals surface area contributed by atoms with Gasteiger partial charge in [-0.2, -0.15) is 5.10 Å². The summed E-state index contributed by atoms with van der Waals surface area (Å²) in [5, 5.41) is 6.71. The van der Waals surface area contributed by atoms with Crippen LogP contribution in [-0.2, 0) is 6.42 Å². The zero-order valence-electron chi connectivity index (χ0n) is 9.81. The van der Waals surface area contributed by atoms with Gasteiger partial charge in [-0.3, -0.25) is 5.01 Å². The smallest absolute Gasteiger partial charge is 0.0360 e. The molecular weight excluding hydrogens is 196 g/mol. The molecule has 86 valence electrons. The number of nitrogens with zero attached hydrogens (tertiary/aromatic N) is 2. The molecule has 0 unspecified atom stereocenters. The van der Waals surface area contributed by atoms with Crippen LogP contribution in [0.5, 0.6) is 0 Å². The van der Waals surface area contributed by atoms with Crippen LogP contribution in [0.2, 0.25) is 0 Å². The van der Waals surface area contributed by atoms with Crippen LogP contribution < -0.4 is 0 Å².